The molecular formula is C14H21ClN4O3. The van der Waals surface area contributed by atoms with Gasteiger partial charge in [-0.25, -0.2) is 0 Å². The number of non-ortho nitro benzene ring substituents is 1. The Morgan fingerprint density at radius 3 is 2.77 bits per heavy atom. The van der Waals surface area contributed by atoms with E-state index in [-0.39, 0.29) is 47.2 Å². The van der Waals surface area contributed by atoms with Crippen molar-refractivity contribution in [2.45, 2.75) is 25.8 Å². The Hall–Kier alpha value is -1.86. The third-order valence-corrected chi connectivity index (χ3v) is 3.97. The van der Waals surface area contributed by atoms with Crippen molar-refractivity contribution in [1.29, 1.82) is 0 Å². The van der Waals surface area contributed by atoms with Crippen molar-refractivity contribution in [2.24, 2.45) is 11.7 Å². The second kappa shape index (κ2) is 7.42. The smallest absolute Gasteiger partial charge is 0.270 e. The van der Waals surface area contributed by atoms with E-state index in [9.17, 15) is 14.9 Å². The molecule has 1 aliphatic heterocycles. The van der Waals surface area contributed by atoms with Crippen LogP contribution in [0, 0.1) is 16.0 Å². The van der Waals surface area contributed by atoms with Gasteiger partial charge in [-0.15, -0.1) is 12.4 Å². The molecule has 1 aromatic rings. The minimum Gasteiger partial charge on any atom is -0.398 e. The molecule has 1 fully saturated rings. The average Bonchev–Trinajstić information content (AvgIpc) is 2.47. The van der Waals surface area contributed by atoms with Crippen LogP contribution < -0.4 is 11.5 Å². The Bertz CT molecular complexity index is 565. The SMILES string of the molecule is CC(N)C1CCCN(C(=O)c2cc([N+](=O)[O-])ccc2N)C1.Cl. The fraction of sp³-hybridized carbons (Fsp3) is 0.500. The van der Waals surface area contributed by atoms with Gasteiger partial charge in [0.1, 0.15) is 0 Å². The molecule has 1 aliphatic rings. The monoisotopic (exact) mass is 328 g/mol. The maximum Gasteiger partial charge on any atom is 0.270 e. The minimum absolute atomic E-state index is 0. The summed E-state index contributed by atoms with van der Waals surface area (Å²) in [6, 6.07) is 3.96. The van der Waals surface area contributed by atoms with Gasteiger partial charge in [0.25, 0.3) is 11.6 Å². The van der Waals surface area contributed by atoms with E-state index in [0.29, 0.717) is 13.1 Å². The first-order chi connectivity index (χ1) is 9.90. The number of likely N-dealkylation sites (tertiary alicyclic amines) is 1. The summed E-state index contributed by atoms with van der Waals surface area (Å²) in [5.41, 5.74) is 12.0. The van der Waals surface area contributed by atoms with Crippen molar-refractivity contribution in [3.63, 3.8) is 0 Å². The number of carbonyl (C=O) groups excluding carboxylic acids is 1. The fourth-order valence-corrected chi connectivity index (χ4v) is 2.64. The number of nitrogen functional groups attached to an aromatic ring is 1. The standard InChI is InChI=1S/C14H20N4O3.ClH/c1-9(15)10-3-2-6-17(8-10)14(19)12-7-11(18(20)21)4-5-13(12)16;/h4-5,7,9-10H,2-3,6,8,15-16H2,1H3;1H. The molecule has 1 saturated heterocycles. The number of halogens is 1. The summed E-state index contributed by atoms with van der Waals surface area (Å²) < 4.78 is 0. The minimum atomic E-state index is -0.531. The van der Waals surface area contributed by atoms with E-state index in [4.69, 9.17) is 11.5 Å². The Morgan fingerprint density at radius 2 is 2.18 bits per heavy atom. The van der Waals surface area contributed by atoms with Gasteiger partial charge < -0.3 is 16.4 Å². The lowest BCUT2D eigenvalue weighted by Crippen LogP contribution is -2.45. The maximum atomic E-state index is 12.5. The van der Waals surface area contributed by atoms with Crippen molar-refractivity contribution in [1.82, 2.24) is 4.90 Å². The van der Waals surface area contributed by atoms with Crippen LogP contribution in [-0.4, -0.2) is 34.9 Å². The van der Waals surface area contributed by atoms with E-state index < -0.39 is 4.92 Å². The summed E-state index contributed by atoms with van der Waals surface area (Å²) >= 11 is 0. The van der Waals surface area contributed by atoms with E-state index in [1.807, 2.05) is 6.92 Å². The number of carbonyl (C=O) groups is 1. The molecular weight excluding hydrogens is 308 g/mol. The molecule has 4 N–H and O–H groups in total. The van der Waals surface area contributed by atoms with Crippen molar-refractivity contribution in [2.75, 3.05) is 18.8 Å². The molecule has 22 heavy (non-hydrogen) atoms. The summed E-state index contributed by atoms with van der Waals surface area (Å²) in [4.78, 5) is 24.5. The molecule has 1 aromatic carbocycles. The van der Waals surface area contributed by atoms with Crippen molar-refractivity contribution < 1.29 is 9.72 Å². The van der Waals surface area contributed by atoms with Crippen LogP contribution >= 0.6 is 12.4 Å². The zero-order valence-corrected chi connectivity index (χ0v) is 13.2. The van der Waals surface area contributed by atoms with Gasteiger partial charge in [-0.05, 0) is 31.7 Å². The first-order valence-electron chi connectivity index (χ1n) is 6.99. The summed E-state index contributed by atoms with van der Waals surface area (Å²) in [7, 11) is 0. The number of hydrogen-bond acceptors (Lipinski definition) is 5. The average molecular weight is 329 g/mol. The van der Waals surface area contributed by atoms with E-state index in [1.54, 1.807) is 4.90 Å². The van der Waals surface area contributed by atoms with Crippen LogP contribution in [0.1, 0.15) is 30.1 Å². The zero-order valence-electron chi connectivity index (χ0n) is 12.4. The van der Waals surface area contributed by atoms with Crippen LogP contribution in [0.25, 0.3) is 0 Å². The summed E-state index contributed by atoms with van der Waals surface area (Å²) in [5, 5.41) is 10.8. The van der Waals surface area contributed by atoms with Crippen molar-refractivity contribution in [3.8, 4) is 0 Å². The highest BCUT2D eigenvalue weighted by molar-refractivity contribution is 5.99. The van der Waals surface area contributed by atoms with Gasteiger partial charge in [0.05, 0.1) is 10.5 Å². The molecule has 0 aromatic heterocycles. The van der Waals surface area contributed by atoms with Crippen LogP contribution in [0.15, 0.2) is 18.2 Å². The number of nitrogens with two attached hydrogens (primary N) is 2. The molecule has 0 aliphatic carbocycles. The van der Waals surface area contributed by atoms with E-state index in [0.717, 1.165) is 12.8 Å². The molecule has 2 atom stereocenters. The normalized spacial score (nSPS) is 19.2. The Balaban J connectivity index is 0.00000242. The number of anilines is 1. The molecule has 0 spiro atoms. The van der Waals surface area contributed by atoms with Crippen LogP contribution in [0.2, 0.25) is 0 Å². The highest BCUT2D eigenvalue weighted by Crippen LogP contribution is 2.25. The Morgan fingerprint density at radius 1 is 1.50 bits per heavy atom. The lowest BCUT2D eigenvalue weighted by Gasteiger charge is -2.34. The maximum absolute atomic E-state index is 12.5. The first kappa shape index (κ1) is 18.2. The molecule has 0 bridgehead atoms. The lowest BCUT2D eigenvalue weighted by atomic mass is 9.91. The van der Waals surface area contributed by atoms with Crippen LogP contribution in [-0.2, 0) is 0 Å². The predicted molar refractivity (Wildman–Crippen MR) is 87.0 cm³/mol. The number of hydrogen-bond donors (Lipinski definition) is 2. The van der Waals surface area contributed by atoms with Gasteiger partial charge >= 0.3 is 0 Å². The lowest BCUT2D eigenvalue weighted by molar-refractivity contribution is -0.384. The third-order valence-electron chi connectivity index (χ3n) is 3.97. The van der Waals surface area contributed by atoms with Crippen LogP contribution in [0.4, 0.5) is 11.4 Å². The largest absolute Gasteiger partial charge is 0.398 e. The van der Waals surface area contributed by atoms with Crippen molar-refractivity contribution in [3.05, 3.63) is 33.9 Å². The molecule has 1 heterocycles. The summed E-state index contributed by atoms with van der Waals surface area (Å²) in [6.45, 7) is 3.13. The summed E-state index contributed by atoms with van der Waals surface area (Å²) in [5.74, 6) is -0.0100. The van der Waals surface area contributed by atoms with Gasteiger partial charge in [0.15, 0.2) is 0 Å². The molecule has 1 amide bonds. The molecule has 0 radical (unpaired) electrons. The van der Waals surface area contributed by atoms with E-state index >= 15 is 0 Å². The first-order valence-corrected chi connectivity index (χ1v) is 6.99. The molecule has 2 rings (SSSR count). The Kier molecular flexibility index (Phi) is 6.13. The second-order valence-electron chi connectivity index (χ2n) is 5.54. The molecule has 8 heteroatoms. The van der Waals surface area contributed by atoms with Gasteiger partial charge in [0.2, 0.25) is 0 Å². The van der Waals surface area contributed by atoms with Gasteiger partial charge in [-0.2, -0.15) is 0 Å². The highest BCUT2D eigenvalue weighted by atomic mass is 35.5. The van der Waals surface area contributed by atoms with Gasteiger partial charge in [0, 0.05) is 37.0 Å². The van der Waals surface area contributed by atoms with Crippen molar-refractivity contribution >= 4 is 29.7 Å². The fourth-order valence-electron chi connectivity index (χ4n) is 2.64. The zero-order chi connectivity index (χ0) is 15.6. The number of nitrogens with zero attached hydrogens (tertiary/aromatic N) is 2. The topological polar surface area (TPSA) is 115 Å². The quantitative estimate of drug-likeness (QED) is 0.498. The number of rotatable bonds is 3. The van der Waals surface area contributed by atoms with Crippen LogP contribution in [0.3, 0.4) is 0 Å². The molecule has 0 saturated carbocycles. The highest BCUT2D eigenvalue weighted by Gasteiger charge is 2.28. The molecule has 7 nitrogen and oxygen atoms in total. The molecule has 122 valence electrons. The number of nitro benzene ring substituents is 1. The number of piperidine rings is 1. The van der Waals surface area contributed by atoms with E-state index in [2.05, 4.69) is 0 Å². The molecule has 2 unspecified atom stereocenters. The van der Waals surface area contributed by atoms with Crippen LogP contribution in [0.5, 0.6) is 0 Å². The Labute approximate surface area is 135 Å². The number of benzene rings is 1. The summed E-state index contributed by atoms with van der Waals surface area (Å²) in [6.07, 6.45) is 1.87. The number of nitro groups is 1. The second-order valence-corrected chi connectivity index (χ2v) is 5.54. The predicted octanol–water partition coefficient (Wildman–Crippen LogP) is 1.80. The van der Waals surface area contributed by atoms with Gasteiger partial charge in [-0.3, -0.25) is 14.9 Å². The third kappa shape index (κ3) is 3.86. The van der Waals surface area contributed by atoms with Gasteiger partial charge in [-0.1, -0.05) is 0 Å². The number of amides is 1. The van der Waals surface area contributed by atoms with E-state index in [1.165, 1.54) is 18.2 Å².